The second kappa shape index (κ2) is 11.2. The molecule has 1 N–H and O–H groups in total. The molecule has 2 amide bonds. The molecule has 2 rings (SSSR count). The first-order valence-electron chi connectivity index (χ1n) is 10.3. The third-order valence-electron chi connectivity index (χ3n) is 4.99. The predicted octanol–water partition coefficient (Wildman–Crippen LogP) is 6.07. The van der Waals surface area contributed by atoms with Crippen LogP contribution in [0.3, 0.4) is 0 Å². The smallest absolute Gasteiger partial charge is 0.343 e. The van der Waals surface area contributed by atoms with Crippen molar-refractivity contribution >= 4 is 29.5 Å². The van der Waals surface area contributed by atoms with Gasteiger partial charge in [-0.15, -0.1) is 0 Å². The fraction of sp³-hybridized carbons (Fsp3) is 0.333. The maximum Gasteiger partial charge on any atom is 0.406 e. The molecule has 11 heteroatoms. The number of amides is 2. The number of nitrogens with zero attached hydrogens (tertiary/aromatic N) is 1. The van der Waals surface area contributed by atoms with Crippen LogP contribution in [0.4, 0.5) is 26.3 Å². The average molecular weight is 521 g/mol. The van der Waals surface area contributed by atoms with E-state index in [-0.39, 0.29) is 16.1 Å². The second-order valence-corrected chi connectivity index (χ2v) is 8.50. The van der Waals surface area contributed by atoms with E-state index in [1.165, 1.54) is 36.4 Å². The molecule has 0 heterocycles. The Kier molecular flexibility index (Phi) is 9.00. The van der Waals surface area contributed by atoms with Crippen LogP contribution >= 0.6 is 11.6 Å². The molecule has 4 nitrogen and oxygen atoms in total. The highest BCUT2D eigenvalue weighted by atomic mass is 35.5. The number of nitrogens with one attached hydrogen (secondary N) is 1. The van der Waals surface area contributed by atoms with Crippen molar-refractivity contribution in [2.24, 2.45) is 0 Å². The Bertz CT molecular complexity index is 1090. The molecule has 0 fully saturated rings. The van der Waals surface area contributed by atoms with Gasteiger partial charge in [-0.2, -0.15) is 26.3 Å². The van der Waals surface area contributed by atoms with Gasteiger partial charge in [0.2, 0.25) is 5.91 Å². The van der Waals surface area contributed by atoms with Gasteiger partial charge in [0.05, 0.1) is 12.5 Å². The number of benzene rings is 2. The van der Waals surface area contributed by atoms with Gasteiger partial charge in [-0.05, 0) is 54.3 Å². The molecule has 0 aliphatic heterocycles. The number of allylic oxidation sites excluding steroid dienone is 1. The molecule has 1 unspecified atom stereocenters. The highest BCUT2D eigenvalue weighted by Gasteiger charge is 2.39. The average Bonchev–Trinajstić information content (AvgIpc) is 2.69. The maximum absolute atomic E-state index is 13.7. The third-order valence-corrected chi connectivity index (χ3v) is 5.21. The summed E-state index contributed by atoms with van der Waals surface area (Å²) in [6, 6.07) is 8.48. The number of likely N-dealkylation sites (N-methyl/N-ethyl adjacent to an activating group) is 1. The van der Waals surface area contributed by atoms with E-state index in [0.717, 1.165) is 13.1 Å². The van der Waals surface area contributed by atoms with Crippen molar-refractivity contribution in [1.82, 2.24) is 10.2 Å². The van der Waals surface area contributed by atoms with Crippen LogP contribution in [0.2, 0.25) is 5.02 Å². The van der Waals surface area contributed by atoms with E-state index in [1.807, 2.05) is 0 Å². The molecule has 0 aliphatic rings. The fourth-order valence-electron chi connectivity index (χ4n) is 3.35. The lowest BCUT2D eigenvalue weighted by Crippen LogP contribution is -2.42. The van der Waals surface area contributed by atoms with E-state index in [9.17, 15) is 35.9 Å². The second-order valence-electron chi connectivity index (χ2n) is 8.06. The van der Waals surface area contributed by atoms with Gasteiger partial charge in [0, 0.05) is 17.6 Å². The van der Waals surface area contributed by atoms with E-state index in [2.05, 4.69) is 5.32 Å². The van der Waals surface area contributed by atoms with E-state index >= 15 is 0 Å². The third kappa shape index (κ3) is 8.61. The molecular weight excluding hydrogens is 498 g/mol. The molecule has 2 aromatic rings. The zero-order valence-electron chi connectivity index (χ0n) is 19.0. The van der Waals surface area contributed by atoms with Crippen molar-refractivity contribution < 1.29 is 35.9 Å². The van der Waals surface area contributed by atoms with Gasteiger partial charge in [-0.25, -0.2) is 0 Å². The van der Waals surface area contributed by atoms with Gasteiger partial charge in [0.15, 0.2) is 0 Å². The molecule has 2 aromatic carbocycles. The lowest BCUT2D eigenvalue weighted by molar-refractivity contribution is -0.157. The SMILES string of the molecule is Cc1cc(Cl)cc(C(/C=C/c2ccc(C(=O)NCC(=O)N(C)CC(F)(F)F)c(C)c2)C(F)(F)F)c1. The first kappa shape index (κ1) is 28.2. The molecule has 0 bridgehead atoms. The Morgan fingerprint density at radius 2 is 1.71 bits per heavy atom. The minimum Gasteiger partial charge on any atom is -0.343 e. The minimum absolute atomic E-state index is 0.00775. The number of carbonyl (C=O) groups excluding carboxylic acids is 2. The molecule has 190 valence electrons. The number of hydrogen-bond acceptors (Lipinski definition) is 2. The van der Waals surface area contributed by atoms with Gasteiger partial charge in [-0.1, -0.05) is 42.0 Å². The van der Waals surface area contributed by atoms with Crippen LogP contribution < -0.4 is 5.32 Å². The van der Waals surface area contributed by atoms with Crippen LogP contribution in [0, 0.1) is 13.8 Å². The zero-order valence-corrected chi connectivity index (χ0v) is 19.8. The molecule has 0 saturated carbocycles. The highest BCUT2D eigenvalue weighted by Crippen LogP contribution is 2.37. The number of carbonyl (C=O) groups is 2. The molecule has 0 aliphatic carbocycles. The molecule has 0 saturated heterocycles. The summed E-state index contributed by atoms with van der Waals surface area (Å²) in [6.07, 6.45) is -6.85. The number of aryl methyl sites for hydroxylation is 2. The molecular formula is C24H23ClF6N2O2. The summed E-state index contributed by atoms with van der Waals surface area (Å²) in [5.41, 5.74) is 1.51. The molecule has 0 aromatic heterocycles. The van der Waals surface area contributed by atoms with Gasteiger partial charge >= 0.3 is 12.4 Å². The Labute approximate surface area is 203 Å². The van der Waals surface area contributed by atoms with Crippen molar-refractivity contribution in [3.8, 4) is 0 Å². The van der Waals surface area contributed by atoms with Gasteiger partial charge < -0.3 is 10.2 Å². The largest absolute Gasteiger partial charge is 0.406 e. The number of alkyl halides is 6. The number of hydrogen-bond donors (Lipinski definition) is 1. The number of halogens is 7. The van der Waals surface area contributed by atoms with Crippen molar-refractivity contribution in [2.75, 3.05) is 20.1 Å². The first-order valence-corrected chi connectivity index (χ1v) is 10.7. The lowest BCUT2D eigenvalue weighted by atomic mass is 9.95. The van der Waals surface area contributed by atoms with Crippen molar-refractivity contribution in [3.05, 3.63) is 75.3 Å². The fourth-order valence-corrected chi connectivity index (χ4v) is 3.65. The van der Waals surface area contributed by atoms with Crippen LogP contribution in [0.25, 0.3) is 6.08 Å². The predicted molar refractivity (Wildman–Crippen MR) is 121 cm³/mol. The topological polar surface area (TPSA) is 49.4 Å². The first-order chi connectivity index (χ1) is 16.1. The summed E-state index contributed by atoms with van der Waals surface area (Å²) in [5, 5.41) is 2.44. The van der Waals surface area contributed by atoms with Gasteiger partial charge in [0.25, 0.3) is 5.91 Å². The number of rotatable bonds is 7. The standard InChI is InChI=1S/C24H23ClF6N2O2/c1-14-8-17(11-18(25)9-14)20(24(29,30)31)7-5-16-4-6-19(15(2)10-16)22(35)32-12-21(34)33(3)13-23(26,27)28/h4-11,20H,12-13H2,1-3H3,(H,32,35)/b7-5+. The van der Waals surface area contributed by atoms with Crippen LogP contribution in [0.1, 0.15) is 38.5 Å². The van der Waals surface area contributed by atoms with E-state index in [0.29, 0.717) is 21.6 Å². The highest BCUT2D eigenvalue weighted by molar-refractivity contribution is 6.30. The Morgan fingerprint density at radius 3 is 2.26 bits per heavy atom. The van der Waals surface area contributed by atoms with E-state index < -0.39 is 43.2 Å². The summed E-state index contributed by atoms with van der Waals surface area (Å²) in [6.45, 7) is 1.10. The molecule has 35 heavy (non-hydrogen) atoms. The Balaban J connectivity index is 2.14. The summed E-state index contributed by atoms with van der Waals surface area (Å²) in [5.74, 6) is -3.53. The van der Waals surface area contributed by atoms with Crippen LogP contribution in [0.5, 0.6) is 0 Å². The summed E-state index contributed by atoms with van der Waals surface area (Å²) >= 11 is 5.92. The maximum atomic E-state index is 13.7. The lowest BCUT2D eigenvalue weighted by Gasteiger charge is -2.19. The monoisotopic (exact) mass is 520 g/mol. The normalized spacial score (nSPS) is 13.1. The van der Waals surface area contributed by atoms with Crippen molar-refractivity contribution in [2.45, 2.75) is 32.1 Å². The van der Waals surface area contributed by atoms with Gasteiger partial charge in [-0.3, -0.25) is 9.59 Å². The van der Waals surface area contributed by atoms with E-state index in [1.54, 1.807) is 19.9 Å². The minimum atomic E-state index is -4.56. The van der Waals surface area contributed by atoms with Crippen LogP contribution in [-0.2, 0) is 4.79 Å². The Morgan fingerprint density at radius 1 is 1.06 bits per heavy atom. The zero-order chi connectivity index (χ0) is 26.6. The van der Waals surface area contributed by atoms with Crippen LogP contribution in [0.15, 0.2) is 42.5 Å². The van der Waals surface area contributed by atoms with Crippen molar-refractivity contribution in [3.63, 3.8) is 0 Å². The van der Waals surface area contributed by atoms with Crippen molar-refractivity contribution in [1.29, 1.82) is 0 Å². The quantitative estimate of drug-likeness (QED) is 0.451. The Hall–Kier alpha value is -3.01. The summed E-state index contributed by atoms with van der Waals surface area (Å²) < 4.78 is 78.2. The molecule has 0 spiro atoms. The van der Waals surface area contributed by atoms with Gasteiger partial charge in [0.1, 0.15) is 6.54 Å². The summed E-state index contributed by atoms with van der Waals surface area (Å²) in [4.78, 5) is 24.6. The van der Waals surface area contributed by atoms with E-state index in [4.69, 9.17) is 11.6 Å². The summed E-state index contributed by atoms with van der Waals surface area (Å²) in [7, 11) is 0.966. The molecule has 1 atom stereocenters. The molecule has 0 radical (unpaired) electrons. The van der Waals surface area contributed by atoms with Crippen LogP contribution in [-0.4, -0.2) is 49.2 Å².